The molecule has 0 amide bonds. The fourth-order valence-corrected chi connectivity index (χ4v) is 3.33. The predicted molar refractivity (Wildman–Crippen MR) is 99.5 cm³/mol. The highest BCUT2D eigenvalue weighted by atomic mass is 32.2. The molecule has 23 heavy (non-hydrogen) atoms. The van der Waals surface area contributed by atoms with Crippen LogP contribution in [-0.2, 0) is 11.8 Å². The quantitative estimate of drug-likeness (QED) is 0.801. The molecule has 3 nitrogen and oxygen atoms in total. The SMILES string of the molecule is CSc1ccc(/C=c2/s/c(=C/C(=O)C(C)(C)C)n(C)c2=O)cc1. The Morgan fingerprint density at radius 3 is 2.35 bits per heavy atom. The van der Waals surface area contributed by atoms with Crippen LogP contribution in [-0.4, -0.2) is 16.6 Å². The van der Waals surface area contributed by atoms with Gasteiger partial charge >= 0.3 is 0 Å². The Labute approximate surface area is 144 Å². The highest BCUT2D eigenvalue weighted by molar-refractivity contribution is 7.98. The molecule has 0 unspecified atom stereocenters. The molecule has 122 valence electrons. The molecule has 0 aliphatic rings. The minimum atomic E-state index is -0.447. The minimum Gasteiger partial charge on any atom is -0.302 e. The molecule has 1 heterocycles. The van der Waals surface area contributed by atoms with E-state index < -0.39 is 5.41 Å². The number of hydrogen-bond acceptors (Lipinski definition) is 4. The van der Waals surface area contributed by atoms with E-state index in [1.54, 1.807) is 24.9 Å². The summed E-state index contributed by atoms with van der Waals surface area (Å²) in [7, 11) is 1.70. The number of thioether (sulfide) groups is 1. The van der Waals surface area contributed by atoms with E-state index in [-0.39, 0.29) is 11.3 Å². The van der Waals surface area contributed by atoms with Gasteiger partial charge in [-0.1, -0.05) is 32.9 Å². The van der Waals surface area contributed by atoms with Crippen molar-refractivity contribution in [2.75, 3.05) is 6.26 Å². The molecule has 2 aromatic rings. The van der Waals surface area contributed by atoms with Crippen molar-refractivity contribution < 1.29 is 4.79 Å². The van der Waals surface area contributed by atoms with E-state index in [9.17, 15) is 9.59 Å². The minimum absolute atomic E-state index is 0.0187. The largest absolute Gasteiger partial charge is 0.302 e. The molecule has 0 saturated carbocycles. The van der Waals surface area contributed by atoms with Gasteiger partial charge in [-0.15, -0.1) is 23.1 Å². The van der Waals surface area contributed by atoms with Crippen molar-refractivity contribution in [3.63, 3.8) is 0 Å². The molecule has 0 N–H and O–H groups in total. The van der Waals surface area contributed by atoms with Gasteiger partial charge in [0.25, 0.3) is 5.56 Å². The van der Waals surface area contributed by atoms with E-state index in [1.165, 1.54) is 20.8 Å². The van der Waals surface area contributed by atoms with Crippen LogP contribution in [0.1, 0.15) is 26.3 Å². The van der Waals surface area contributed by atoms with Crippen LogP contribution in [0.3, 0.4) is 0 Å². The number of hydrogen-bond donors (Lipinski definition) is 0. The second-order valence-electron chi connectivity index (χ2n) is 6.34. The first-order chi connectivity index (χ1) is 10.7. The maximum absolute atomic E-state index is 12.4. The standard InChI is InChI=1S/C18H21NO2S2/c1-18(2,3)15(20)11-16-19(4)17(21)14(23-16)10-12-6-8-13(22-5)9-7-12/h6-11H,1-5H3/b14-10+,16-11+. The van der Waals surface area contributed by atoms with E-state index >= 15 is 0 Å². The molecule has 1 aromatic carbocycles. The Morgan fingerprint density at radius 2 is 1.83 bits per heavy atom. The zero-order chi connectivity index (χ0) is 17.2. The molecule has 0 bridgehead atoms. The van der Waals surface area contributed by atoms with Crippen molar-refractivity contribution in [3.8, 4) is 0 Å². The van der Waals surface area contributed by atoms with Gasteiger partial charge in [-0.3, -0.25) is 9.59 Å². The first-order valence-electron chi connectivity index (χ1n) is 7.30. The monoisotopic (exact) mass is 347 g/mol. The van der Waals surface area contributed by atoms with Gasteiger partial charge in [-0.05, 0) is 30.0 Å². The molecular formula is C18H21NO2S2. The number of aromatic nitrogens is 1. The first-order valence-corrected chi connectivity index (χ1v) is 9.34. The van der Waals surface area contributed by atoms with Crippen LogP contribution < -0.4 is 14.8 Å². The normalized spacial score (nSPS) is 13.6. The highest BCUT2D eigenvalue weighted by Crippen LogP contribution is 2.15. The van der Waals surface area contributed by atoms with Crippen molar-refractivity contribution in [1.29, 1.82) is 0 Å². The molecule has 0 atom stereocenters. The van der Waals surface area contributed by atoms with Crippen LogP contribution in [0.2, 0.25) is 0 Å². The average Bonchev–Trinajstić information content (AvgIpc) is 2.75. The molecule has 0 spiro atoms. The third kappa shape index (κ3) is 4.24. The van der Waals surface area contributed by atoms with Crippen LogP contribution >= 0.6 is 23.1 Å². The van der Waals surface area contributed by atoms with E-state index in [4.69, 9.17) is 0 Å². The van der Waals surface area contributed by atoms with Crippen molar-refractivity contribution in [2.45, 2.75) is 25.7 Å². The van der Waals surface area contributed by atoms with Crippen molar-refractivity contribution >= 4 is 41.0 Å². The summed E-state index contributed by atoms with van der Waals surface area (Å²) in [5.41, 5.74) is 0.463. The summed E-state index contributed by atoms with van der Waals surface area (Å²) in [6, 6.07) is 8.05. The smallest absolute Gasteiger partial charge is 0.268 e. The van der Waals surface area contributed by atoms with Gasteiger partial charge in [0.1, 0.15) is 4.66 Å². The van der Waals surface area contributed by atoms with E-state index in [2.05, 4.69) is 0 Å². The molecule has 2 rings (SSSR count). The Bertz CT molecular complexity index is 881. The molecule has 0 aliphatic heterocycles. The van der Waals surface area contributed by atoms with Crippen LogP contribution in [0, 0.1) is 5.41 Å². The summed E-state index contributed by atoms with van der Waals surface area (Å²) < 4.78 is 2.86. The summed E-state index contributed by atoms with van der Waals surface area (Å²) in [5.74, 6) is 0.0187. The topological polar surface area (TPSA) is 39.1 Å². The number of ketones is 1. The van der Waals surface area contributed by atoms with E-state index in [0.717, 1.165) is 5.56 Å². The molecule has 0 aliphatic carbocycles. The predicted octanol–water partition coefficient (Wildman–Crippen LogP) is 2.39. The Morgan fingerprint density at radius 1 is 1.22 bits per heavy atom. The van der Waals surface area contributed by atoms with Crippen molar-refractivity contribution in [2.24, 2.45) is 12.5 Å². The van der Waals surface area contributed by atoms with Gasteiger partial charge in [0, 0.05) is 23.4 Å². The fourth-order valence-electron chi connectivity index (χ4n) is 1.89. The van der Waals surface area contributed by atoms with Gasteiger partial charge in [0.15, 0.2) is 5.78 Å². The lowest BCUT2D eigenvalue weighted by Crippen LogP contribution is -2.30. The molecule has 5 heteroatoms. The Hall–Kier alpha value is -1.59. The number of benzene rings is 1. The molecule has 0 radical (unpaired) electrons. The molecule has 1 aromatic heterocycles. The maximum atomic E-state index is 12.4. The Kier molecular flexibility index (Phi) is 5.32. The summed E-state index contributed by atoms with van der Waals surface area (Å²) in [6.45, 7) is 5.62. The van der Waals surface area contributed by atoms with Crippen molar-refractivity contribution in [3.05, 3.63) is 49.4 Å². The van der Waals surface area contributed by atoms with Crippen LogP contribution in [0.25, 0.3) is 12.2 Å². The second-order valence-corrected chi connectivity index (χ2v) is 8.29. The van der Waals surface area contributed by atoms with Gasteiger partial charge in [0.2, 0.25) is 0 Å². The lowest BCUT2D eigenvalue weighted by molar-refractivity contribution is -0.120. The lowest BCUT2D eigenvalue weighted by atomic mass is 9.91. The fraction of sp³-hybridized carbons (Fsp3) is 0.333. The van der Waals surface area contributed by atoms with E-state index in [1.807, 2.05) is 57.4 Å². The second kappa shape index (κ2) is 6.89. The van der Waals surface area contributed by atoms with E-state index in [0.29, 0.717) is 9.20 Å². The van der Waals surface area contributed by atoms with Crippen LogP contribution in [0.5, 0.6) is 0 Å². The zero-order valence-electron chi connectivity index (χ0n) is 14.0. The Balaban J connectivity index is 2.51. The van der Waals surface area contributed by atoms with Crippen LogP contribution in [0.4, 0.5) is 0 Å². The average molecular weight is 348 g/mol. The molecular weight excluding hydrogens is 326 g/mol. The number of thiazole rings is 1. The third-order valence-corrected chi connectivity index (χ3v) is 5.32. The van der Waals surface area contributed by atoms with Crippen LogP contribution in [0.15, 0.2) is 34.0 Å². The summed E-state index contributed by atoms with van der Waals surface area (Å²) in [4.78, 5) is 25.7. The number of Topliss-reactive ketones (excluding diaryl/α,β-unsaturated/α-hetero) is 1. The summed E-state index contributed by atoms with van der Waals surface area (Å²) in [5, 5.41) is 0. The third-order valence-electron chi connectivity index (χ3n) is 3.47. The first kappa shape index (κ1) is 17.8. The number of carbonyl (C=O) groups is 1. The van der Waals surface area contributed by atoms with Gasteiger partial charge in [-0.2, -0.15) is 0 Å². The summed E-state index contributed by atoms with van der Waals surface area (Å²) in [6.07, 6.45) is 5.47. The summed E-state index contributed by atoms with van der Waals surface area (Å²) >= 11 is 3.03. The highest BCUT2D eigenvalue weighted by Gasteiger charge is 2.19. The molecule has 0 fully saturated rings. The zero-order valence-corrected chi connectivity index (χ0v) is 15.7. The van der Waals surface area contributed by atoms with Gasteiger partial charge in [0.05, 0.1) is 4.53 Å². The van der Waals surface area contributed by atoms with Gasteiger partial charge in [-0.25, -0.2) is 0 Å². The number of rotatable bonds is 3. The number of carbonyl (C=O) groups excluding carboxylic acids is 1. The number of nitrogens with zero attached hydrogens (tertiary/aromatic N) is 1. The molecule has 0 saturated heterocycles. The van der Waals surface area contributed by atoms with Gasteiger partial charge < -0.3 is 4.57 Å². The lowest BCUT2D eigenvalue weighted by Gasteiger charge is -2.12. The maximum Gasteiger partial charge on any atom is 0.268 e. The van der Waals surface area contributed by atoms with Crippen molar-refractivity contribution in [1.82, 2.24) is 4.57 Å².